The minimum Gasteiger partial charge on any atom is -0.351 e. The molecule has 3 rings (SSSR count). The maximum atomic E-state index is 11.1. The average Bonchev–Trinajstić information content (AvgIpc) is 3.23. The molecule has 0 saturated carbocycles. The predicted molar refractivity (Wildman–Crippen MR) is 92.0 cm³/mol. The molecular formula is C18H25N5O. The van der Waals surface area contributed by atoms with Gasteiger partial charge in [0.2, 0.25) is 5.91 Å². The Hall–Kier alpha value is -2.21. The van der Waals surface area contributed by atoms with Crippen LogP contribution in [0.2, 0.25) is 0 Å². The van der Waals surface area contributed by atoms with Crippen molar-refractivity contribution in [2.24, 2.45) is 0 Å². The first kappa shape index (κ1) is 16.6. The maximum absolute atomic E-state index is 11.1. The van der Waals surface area contributed by atoms with E-state index < -0.39 is 0 Å². The third kappa shape index (κ3) is 4.00. The molecule has 1 fully saturated rings. The summed E-state index contributed by atoms with van der Waals surface area (Å²) in [5, 5.41) is 7.18. The number of aromatic nitrogens is 3. The predicted octanol–water partition coefficient (Wildman–Crippen LogP) is 2.27. The average molecular weight is 327 g/mol. The van der Waals surface area contributed by atoms with Gasteiger partial charge in [0.1, 0.15) is 0 Å². The lowest BCUT2D eigenvalue weighted by molar-refractivity contribution is -0.119. The van der Waals surface area contributed by atoms with Crippen LogP contribution in [0, 0.1) is 0 Å². The summed E-state index contributed by atoms with van der Waals surface area (Å²) >= 11 is 0. The summed E-state index contributed by atoms with van der Waals surface area (Å²) < 4.78 is 1.96. The Kier molecular flexibility index (Phi) is 5.25. The number of carbonyl (C=O) groups is 1. The molecule has 128 valence electrons. The fourth-order valence-corrected chi connectivity index (χ4v) is 3.24. The molecule has 0 unspecified atom stereocenters. The second-order valence-electron chi connectivity index (χ2n) is 6.30. The second kappa shape index (κ2) is 7.57. The smallest absolute Gasteiger partial charge is 0.217 e. The zero-order chi connectivity index (χ0) is 16.9. The van der Waals surface area contributed by atoms with Crippen LogP contribution in [0.25, 0.3) is 0 Å². The van der Waals surface area contributed by atoms with E-state index >= 15 is 0 Å². The molecule has 1 saturated heterocycles. The second-order valence-corrected chi connectivity index (χ2v) is 6.30. The summed E-state index contributed by atoms with van der Waals surface area (Å²) in [7, 11) is 0. The Bertz CT molecular complexity index is 696. The first-order valence-corrected chi connectivity index (χ1v) is 8.61. The molecule has 1 atom stereocenters. The lowest BCUT2D eigenvalue weighted by Crippen LogP contribution is -2.24. The van der Waals surface area contributed by atoms with Crippen LogP contribution < -0.4 is 5.32 Å². The van der Waals surface area contributed by atoms with Crippen LogP contribution in [0.3, 0.4) is 0 Å². The van der Waals surface area contributed by atoms with Gasteiger partial charge in [0, 0.05) is 31.8 Å². The van der Waals surface area contributed by atoms with Gasteiger partial charge in [-0.2, -0.15) is 5.10 Å². The van der Waals surface area contributed by atoms with Crippen LogP contribution in [0.1, 0.15) is 49.7 Å². The summed E-state index contributed by atoms with van der Waals surface area (Å²) in [4.78, 5) is 18.3. The number of hydrogen-bond acceptors (Lipinski definition) is 4. The van der Waals surface area contributed by atoms with Gasteiger partial charge in [0.15, 0.2) is 0 Å². The lowest BCUT2D eigenvalue weighted by atomic mass is 10.1. The minimum absolute atomic E-state index is 0.0300. The van der Waals surface area contributed by atoms with E-state index in [9.17, 15) is 4.79 Å². The summed E-state index contributed by atoms with van der Waals surface area (Å²) in [6.45, 7) is 7.00. The number of nitrogens with one attached hydrogen (secondary N) is 1. The van der Waals surface area contributed by atoms with E-state index in [0.717, 1.165) is 37.4 Å². The van der Waals surface area contributed by atoms with E-state index in [1.807, 2.05) is 23.0 Å². The van der Waals surface area contributed by atoms with Gasteiger partial charge in [-0.15, -0.1) is 0 Å². The monoisotopic (exact) mass is 327 g/mol. The Morgan fingerprint density at radius 1 is 1.42 bits per heavy atom. The summed E-state index contributed by atoms with van der Waals surface area (Å²) in [6.07, 6.45) is 6.39. The third-order valence-corrected chi connectivity index (χ3v) is 4.45. The Morgan fingerprint density at radius 3 is 3.04 bits per heavy atom. The molecular weight excluding hydrogens is 302 g/mol. The molecule has 1 aliphatic heterocycles. The topological polar surface area (TPSA) is 63.0 Å². The fourth-order valence-electron chi connectivity index (χ4n) is 3.24. The molecule has 1 amide bonds. The van der Waals surface area contributed by atoms with Crippen molar-refractivity contribution in [1.82, 2.24) is 25.0 Å². The van der Waals surface area contributed by atoms with Crippen molar-refractivity contribution in [3.8, 4) is 0 Å². The van der Waals surface area contributed by atoms with Gasteiger partial charge < -0.3 is 5.32 Å². The van der Waals surface area contributed by atoms with E-state index in [2.05, 4.69) is 34.5 Å². The summed E-state index contributed by atoms with van der Waals surface area (Å²) in [5.74, 6) is -0.0300. The summed E-state index contributed by atoms with van der Waals surface area (Å²) in [6, 6.07) is 6.43. The molecule has 0 aliphatic carbocycles. The number of aryl methyl sites for hydroxylation is 1. The number of nitrogens with zero attached hydrogens (tertiary/aromatic N) is 4. The van der Waals surface area contributed by atoms with Crippen LogP contribution in [0.4, 0.5) is 0 Å². The van der Waals surface area contributed by atoms with Gasteiger partial charge in [-0.25, -0.2) is 0 Å². The standard InChI is InChI=1S/C18H25N5O/c1-3-23-13-15(10-20-23)12-22-9-5-8-18(22)17-7-4-6-16(21-17)11-19-14(2)24/h4,6-7,10,13,18H,3,5,8-9,11-12H2,1-2H3,(H,19,24)/t18-/m0/s1. The SMILES string of the molecule is CCn1cc(CN2CCC[C@H]2c2cccc(CNC(C)=O)n2)cn1. The van der Waals surface area contributed by atoms with E-state index in [0.29, 0.717) is 12.6 Å². The molecule has 6 heteroatoms. The summed E-state index contributed by atoms with van der Waals surface area (Å²) in [5.41, 5.74) is 3.25. The van der Waals surface area contributed by atoms with Crippen LogP contribution >= 0.6 is 0 Å². The van der Waals surface area contributed by atoms with E-state index in [1.165, 1.54) is 18.9 Å². The molecule has 2 aromatic heterocycles. The first-order chi connectivity index (χ1) is 11.7. The molecule has 1 aliphatic rings. The number of amides is 1. The van der Waals surface area contributed by atoms with Crippen LogP contribution in [0.5, 0.6) is 0 Å². The lowest BCUT2D eigenvalue weighted by Gasteiger charge is -2.23. The molecule has 0 aromatic carbocycles. The number of carbonyl (C=O) groups excluding carboxylic acids is 1. The highest BCUT2D eigenvalue weighted by molar-refractivity contribution is 5.72. The van der Waals surface area contributed by atoms with Crippen LogP contribution in [-0.4, -0.2) is 32.1 Å². The van der Waals surface area contributed by atoms with E-state index in [1.54, 1.807) is 0 Å². The molecule has 1 N–H and O–H groups in total. The molecule has 2 aromatic rings. The highest BCUT2D eigenvalue weighted by Crippen LogP contribution is 2.32. The van der Waals surface area contributed by atoms with Gasteiger partial charge >= 0.3 is 0 Å². The number of likely N-dealkylation sites (tertiary alicyclic amines) is 1. The zero-order valence-corrected chi connectivity index (χ0v) is 14.4. The zero-order valence-electron chi connectivity index (χ0n) is 14.4. The van der Waals surface area contributed by atoms with Crippen molar-refractivity contribution in [2.45, 2.75) is 52.4 Å². The molecule has 0 bridgehead atoms. The molecule has 3 heterocycles. The first-order valence-electron chi connectivity index (χ1n) is 8.61. The van der Waals surface area contributed by atoms with Crippen molar-refractivity contribution in [1.29, 1.82) is 0 Å². The molecule has 24 heavy (non-hydrogen) atoms. The van der Waals surface area contributed by atoms with Gasteiger partial charge in [-0.3, -0.25) is 19.4 Å². The Morgan fingerprint density at radius 2 is 2.29 bits per heavy atom. The van der Waals surface area contributed by atoms with Crippen molar-refractivity contribution >= 4 is 5.91 Å². The number of rotatable bonds is 6. The number of hydrogen-bond donors (Lipinski definition) is 1. The number of pyridine rings is 1. The van der Waals surface area contributed by atoms with Gasteiger partial charge in [-0.05, 0) is 38.4 Å². The Balaban J connectivity index is 1.70. The van der Waals surface area contributed by atoms with Gasteiger partial charge in [0.25, 0.3) is 0 Å². The fraction of sp³-hybridized carbons (Fsp3) is 0.500. The van der Waals surface area contributed by atoms with Crippen molar-refractivity contribution in [3.05, 3.63) is 47.5 Å². The van der Waals surface area contributed by atoms with E-state index in [4.69, 9.17) is 4.98 Å². The van der Waals surface area contributed by atoms with Crippen LogP contribution in [-0.2, 0) is 24.4 Å². The van der Waals surface area contributed by atoms with Crippen molar-refractivity contribution in [3.63, 3.8) is 0 Å². The quantitative estimate of drug-likeness (QED) is 0.884. The van der Waals surface area contributed by atoms with Gasteiger partial charge in [-0.1, -0.05) is 6.07 Å². The highest BCUT2D eigenvalue weighted by atomic mass is 16.1. The molecule has 0 spiro atoms. The van der Waals surface area contributed by atoms with Crippen molar-refractivity contribution in [2.75, 3.05) is 6.54 Å². The van der Waals surface area contributed by atoms with Gasteiger partial charge in [0.05, 0.1) is 30.2 Å². The normalized spacial score (nSPS) is 18.0. The highest BCUT2D eigenvalue weighted by Gasteiger charge is 2.27. The maximum Gasteiger partial charge on any atom is 0.217 e. The van der Waals surface area contributed by atoms with E-state index in [-0.39, 0.29) is 5.91 Å². The molecule has 0 radical (unpaired) electrons. The largest absolute Gasteiger partial charge is 0.351 e. The van der Waals surface area contributed by atoms with Crippen LogP contribution in [0.15, 0.2) is 30.6 Å². The molecule has 6 nitrogen and oxygen atoms in total. The van der Waals surface area contributed by atoms with Crippen molar-refractivity contribution < 1.29 is 4.79 Å². The Labute approximate surface area is 142 Å². The minimum atomic E-state index is -0.0300. The third-order valence-electron chi connectivity index (χ3n) is 4.45.